The van der Waals surface area contributed by atoms with Gasteiger partial charge in [-0.15, -0.1) is 0 Å². The summed E-state index contributed by atoms with van der Waals surface area (Å²) in [5, 5.41) is 3.10. The van der Waals surface area contributed by atoms with Gasteiger partial charge in [0.2, 0.25) is 5.91 Å². The summed E-state index contributed by atoms with van der Waals surface area (Å²) in [6.45, 7) is 8.94. The molecule has 1 heterocycles. The van der Waals surface area contributed by atoms with E-state index in [4.69, 9.17) is 4.74 Å². The minimum atomic E-state index is -0.714. The van der Waals surface area contributed by atoms with Gasteiger partial charge < -0.3 is 19.5 Å². The molecule has 0 saturated carbocycles. The average Bonchev–Trinajstić information content (AvgIpc) is 2.90. The Bertz CT molecular complexity index is 1360. The third-order valence-electron chi connectivity index (χ3n) is 7.19. The van der Waals surface area contributed by atoms with E-state index in [0.29, 0.717) is 18.4 Å². The first kappa shape index (κ1) is 30.8. The van der Waals surface area contributed by atoms with Crippen LogP contribution in [0.1, 0.15) is 61.0 Å². The van der Waals surface area contributed by atoms with Gasteiger partial charge in [-0.05, 0) is 86.7 Å². The van der Waals surface area contributed by atoms with Gasteiger partial charge in [0.1, 0.15) is 6.04 Å². The molecule has 3 aromatic rings. The SMILES string of the molecule is COC(=O)CC(NC(=O)C(CC(C)C)n1cccc(CCN(C)C)c1=O)c1cccc(-c2c(C)cccc2C)c1. The van der Waals surface area contributed by atoms with Gasteiger partial charge >= 0.3 is 5.97 Å². The number of esters is 1. The van der Waals surface area contributed by atoms with Gasteiger partial charge in [-0.2, -0.15) is 0 Å². The van der Waals surface area contributed by atoms with E-state index >= 15 is 0 Å². The fraction of sp³-hybridized carbons (Fsp3) is 0.424. The number of nitrogens with one attached hydrogen (secondary N) is 1. The Labute approximate surface area is 238 Å². The minimum absolute atomic E-state index is 0.0232. The van der Waals surface area contributed by atoms with Crippen LogP contribution in [0.4, 0.5) is 0 Å². The second kappa shape index (κ2) is 14.1. The predicted octanol–water partition coefficient (Wildman–Crippen LogP) is 5.24. The van der Waals surface area contributed by atoms with Crippen molar-refractivity contribution in [1.82, 2.24) is 14.8 Å². The lowest BCUT2D eigenvalue weighted by molar-refractivity contribution is -0.141. The third kappa shape index (κ3) is 7.92. The van der Waals surface area contributed by atoms with Crippen molar-refractivity contribution in [1.29, 1.82) is 0 Å². The Balaban J connectivity index is 1.99. The summed E-state index contributed by atoms with van der Waals surface area (Å²) in [6.07, 6.45) is 2.74. The molecule has 214 valence electrons. The van der Waals surface area contributed by atoms with E-state index in [1.807, 2.05) is 75.3 Å². The van der Waals surface area contributed by atoms with Crippen LogP contribution in [0.15, 0.2) is 65.6 Å². The quantitative estimate of drug-likeness (QED) is 0.315. The summed E-state index contributed by atoms with van der Waals surface area (Å²) in [4.78, 5) is 41.8. The van der Waals surface area contributed by atoms with Gasteiger partial charge in [0.05, 0.1) is 19.6 Å². The molecule has 1 N–H and O–H groups in total. The largest absolute Gasteiger partial charge is 0.469 e. The number of carbonyl (C=O) groups excluding carboxylic acids is 2. The van der Waals surface area contributed by atoms with Crippen LogP contribution in [-0.4, -0.2) is 49.1 Å². The van der Waals surface area contributed by atoms with E-state index in [2.05, 4.69) is 31.3 Å². The highest BCUT2D eigenvalue weighted by Gasteiger charge is 2.28. The van der Waals surface area contributed by atoms with Crippen molar-refractivity contribution in [2.24, 2.45) is 5.92 Å². The number of methoxy groups -OCH3 is 1. The zero-order valence-corrected chi connectivity index (χ0v) is 24.9. The van der Waals surface area contributed by atoms with Crippen LogP contribution in [0.3, 0.4) is 0 Å². The molecule has 0 saturated heterocycles. The van der Waals surface area contributed by atoms with E-state index in [-0.39, 0.29) is 23.8 Å². The predicted molar refractivity (Wildman–Crippen MR) is 160 cm³/mol. The number of aryl methyl sites for hydroxylation is 2. The molecule has 2 aromatic carbocycles. The Hall–Kier alpha value is -3.71. The van der Waals surface area contributed by atoms with Crippen LogP contribution in [0, 0.1) is 19.8 Å². The fourth-order valence-electron chi connectivity index (χ4n) is 5.08. The molecular formula is C33H43N3O4. The topological polar surface area (TPSA) is 80.6 Å². The third-order valence-corrected chi connectivity index (χ3v) is 7.19. The van der Waals surface area contributed by atoms with Crippen molar-refractivity contribution in [2.75, 3.05) is 27.7 Å². The Morgan fingerprint density at radius 3 is 2.30 bits per heavy atom. The maximum absolute atomic E-state index is 13.9. The van der Waals surface area contributed by atoms with Crippen molar-refractivity contribution in [3.8, 4) is 11.1 Å². The zero-order chi connectivity index (χ0) is 29.4. The van der Waals surface area contributed by atoms with Crippen molar-refractivity contribution in [3.05, 3.63) is 93.4 Å². The summed E-state index contributed by atoms with van der Waals surface area (Å²) in [5.41, 5.74) is 5.76. The first-order valence-corrected chi connectivity index (χ1v) is 13.9. The molecule has 3 rings (SSSR count). The number of rotatable bonds is 12. The Morgan fingerprint density at radius 2 is 1.68 bits per heavy atom. The van der Waals surface area contributed by atoms with E-state index in [0.717, 1.165) is 34.4 Å². The molecule has 2 atom stereocenters. The number of ether oxygens (including phenoxy) is 1. The Kier molecular flexibility index (Phi) is 10.8. The molecule has 0 radical (unpaired) electrons. The second-order valence-corrected chi connectivity index (χ2v) is 11.2. The van der Waals surface area contributed by atoms with Crippen LogP contribution in [-0.2, 0) is 20.7 Å². The standard InChI is InChI=1S/C33H43N3O4/c1-22(2)19-29(36-17-10-15-25(33(36)39)16-18-35(5)6)32(38)34-28(21-30(37)40-7)26-13-9-14-27(20-26)31-23(3)11-8-12-24(31)4/h8-15,17,20,22,28-29H,16,18-19,21H2,1-7H3,(H,34,38). The van der Waals surface area contributed by atoms with Crippen LogP contribution in [0.5, 0.6) is 0 Å². The van der Waals surface area contributed by atoms with E-state index in [9.17, 15) is 14.4 Å². The van der Waals surface area contributed by atoms with Crippen LogP contribution < -0.4 is 10.9 Å². The number of nitrogens with zero attached hydrogens (tertiary/aromatic N) is 2. The highest BCUT2D eigenvalue weighted by atomic mass is 16.5. The van der Waals surface area contributed by atoms with Crippen molar-refractivity contribution < 1.29 is 14.3 Å². The van der Waals surface area contributed by atoms with Crippen molar-refractivity contribution in [3.63, 3.8) is 0 Å². The normalized spacial score (nSPS) is 12.8. The number of hydrogen-bond acceptors (Lipinski definition) is 5. The smallest absolute Gasteiger partial charge is 0.307 e. The first-order chi connectivity index (χ1) is 19.0. The van der Waals surface area contributed by atoms with Crippen LogP contribution in [0.25, 0.3) is 11.1 Å². The zero-order valence-electron chi connectivity index (χ0n) is 24.9. The van der Waals surface area contributed by atoms with Gasteiger partial charge in [0.25, 0.3) is 5.56 Å². The summed E-state index contributed by atoms with van der Waals surface area (Å²) in [7, 11) is 5.27. The van der Waals surface area contributed by atoms with Gasteiger partial charge in [-0.1, -0.05) is 56.3 Å². The molecule has 2 unspecified atom stereocenters. The van der Waals surface area contributed by atoms with E-state index in [1.54, 1.807) is 10.8 Å². The molecule has 0 aliphatic carbocycles. The molecule has 1 aromatic heterocycles. The molecule has 0 spiro atoms. The summed E-state index contributed by atoms with van der Waals surface area (Å²) in [5.74, 6) is -0.558. The maximum Gasteiger partial charge on any atom is 0.307 e. The monoisotopic (exact) mass is 545 g/mol. The highest BCUT2D eigenvalue weighted by Crippen LogP contribution is 2.30. The molecule has 0 aliphatic rings. The molecule has 7 heteroatoms. The van der Waals surface area contributed by atoms with Crippen LogP contribution in [0.2, 0.25) is 0 Å². The van der Waals surface area contributed by atoms with E-state index < -0.39 is 18.1 Å². The fourth-order valence-corrected chi connectivity index (χ4v) is 5.08. The summed E-state index contributed by atoms with van der Waals surface area (Å²) < 4.78 is 6.52. The van der Waals surface area contributed by atoms with Gasteiger partial charge in [0, 0.05) is 18.3 Å². The minimum Gasteiger partial charge on any atom is -0.469 e. The first-order valence-electron chi connectivity index (χ1n) is 13.9. The summed E-state index contributed by atoms with van der Waals surface area (Å²) in [6, 6.07) is 16.4. The lowest BCUT2D eigenvalue weighted by Gasteiger charge is -2.26. The average molecular weight is 546 g/mol. The number of benzene rings is 2. The maximum atomic E-state index is 13.9. The van der Waals surface area contributed by atoms with Crippen LogP contribution >= 0.6 is 0 Å². The summed E-state index contributed by atoms with van der Waals surface area (Å²) >= 11 is 0. The van der Waals surface area contributed by atoms with E-state index in [1.165, 1.54) is 7.11 Å². The second-order valence-electron chi connectivity index (χ2n) is 11.2. The molecule has 1 amide bonds. The van der Waals surface area contributed by atoms with Gasteiger partial charge in [-0.3, -0.25) is 14.4 Å². The number of likely N-dealkylation sites (N-methyl/N-ethyl adjacent to an activating group) is 1. The number of hydrogen-bond donors (Lipinski definition) is 1. The lowest BCUT2D eigenvalue weighted by Crippen LogP contribution is -2.41. The number of pyridine rings is 1. The molecule has 0 aliphatic heterocycles. The number of amides is 1. The molecule has 40 heavy (non-hydrogen) atoms. The van der Waals surface area contributed by atoms with Crippen molar-refractivity contribution in [2.45, 2.75) is 59.0 Å². The highest BCUT2D eigenvalue weighted by molar-refractivity contribution is 5.82. The molecule has 7 nitrogen and oxygen atoms in total. The van der Waals surface area contributed by atoms with Gasteiger partial charge in [0.15, 0.2) is 0 Å². The number of aromatic nitrogens is 1. The molecule has 0 fully saturated rings. The molecule has 0 bridgehead atoms. The van der Waals surface area contributed by atoms with Gasteiger partial charge in [-0.25, -0.2) is 0 Å². The van der Waals surface area contributed by atoms with Crippen molar-refractivity contribution >= 4 is 11.9 Å². The molecular weight excluding hydrogens is 502 g/mol. The lowest BCUT2D eigenvalue weighted by atomic mass is 9.92. The number of carbonyl (C=O) groups is 2. The Morgan fingerprint density at radius 1 is 1.00 bits per heavy atom.